The van der Waals surface area contributed by atoms with Crippen LogP contribution in [-0.2, 0) is 4.74 Å². The van der Waals surface area contributed by atoms with Gasteiger partial charge in [0, 0.05) is 10.1 Å². The summed E-state index contributed by atoms with van der Waals surface area (Å²) >= 11 is 10.8. The van der Waals surface area contributed by atoms with E-state index >= 15 is 0 Å². The lowest BCUT2D eigenvalue weighted by atomic mass is 10.2. The van der Waals surface area contributed by atoms with Crippen molar-refractivity contribution in [3.8, 4) is 11.8 Å². The molecular weight excluding hydrogens is 418 g/mol. The summed E-state index contributed by atoms with van der Waals surface area (Å²) in [5, 5.41) is 1.31. The molecule has 0 atom stereocenters. The Morgan fingerprint density at radius 1 is 1.07 bits per heavy atom. The van der Waals surface area contributed by atoms with Crippen LogP contribution >= 0.6 is 46.0 Å². The normalized spacial score (nSPS) is 10.7. The van der Waals surface area contributed by atoms with Crippen molar-refractivity contribution in [1.29, 1.82) is 0 Å². The van der Waals surface area contributed by atoms with Crippen LogP contribution in [0.25, 0.3) is 20.3 Å². The number of fused-ring (bicyclic) bond motifs is 2. The number of esters is 1. The van der Waals surface area contributed by atoms with Gasteiger partial charge < -0.3 is 4.74 Å². The molecule has 2 heterocycles. The minimum atomic E-state index is -0.436. The molecule has 2 aromatic carbocycles. The number of nitrogens with zero attached hydrogens (tertiary/aromatic N) is 1. The number of carbonyl (C=O) groups excluding carboxylic acids is 1. The zero-order chi connectivity index (χ0) is 18.6. The highest BCUT2D eigenvalue weighted by Crippen LogP contribution is 2.35. The van der Waals surface area contributed by atoms with Crippen molar-refractivity contribution in [3.05, 3.63) is 58.4 Å². The molecule has 4 rings (SSSR count). The van der Waals surface area contributed by atoms with Gasteiger partial charge in [-0.05, 0) is 18.2 Å². The fraction of sp³-hybridized carbons (Fsp3) is 0.100. The van der Waals surface area contributed by atoms with Gasteiger partial charge in [-0.3, -0.25) is 0 Å². The van der Waals surface area contributed by atoms with E-state index in [-0.39, 0.29) is 6.61 Å². The van der Waals surface area contributed by atoms with Crippen molar-refractivity contribution in [1.82, 2.24) is 4.98 Å². The summed E-state index contributed by atoms with van der Waals surface area (Å²) in [7, 11) is 0. The molecule has 0 fully saturated rings. The highest BCUT2D eigenvalue weighted by atomic mass is 35.5. The SMILES string of the molecule is O=C(OCC#CCSc1nc2ccccc2s1)c1sc2ccccc2c1Cl. The van der Waals surface area contributed by atoms with Gasteiger partial charge in [0.1, 0.15) is 4.88 Å². The van der Waals surface area contributed by atoms with E-state index in [0.717, 1.165) is 19.9 Å². The highest BCUT2D eigenvalue weighted by Gasteiger charge is 2.17. The van der Waals surface area contributed by atoms with Crippen LogP contribution in [0.15, 0.2) is 52.9 Å². The molecule has 0 unspecified atom stereocenters. The van der Waals surface area contributed by atoms with Crippen LogP contribution in [0, 0.1) is 11.8 Å². The van der Waals surface area contributed by atoms with Crippen molar-refractivity contribution in [3.63, 3.8) is 0 Å². The van der Waals surface area contributed by atoms with Gasteiger partial charge in [0.25, 0.3) is 0 Å². The number of thiophene rings is 1. The number of thiazole rings is 1. The number of aromatic nitrogens is 1. The summed E-state index contributed by atoms with van der Waals surface area (Å²) in [5.41, 5.74) is 1.01. The van der Waals surface area contributed by atoms with Crippen LogP contribution in [-0.4, -0.2) is 23.3 Å². The molecule has 0 bridgehead atoms. The van der Waals surface area contributed by atoms with Gasteiger partial charge in [-0.15, -0.1) is 22.7 Å². The summed E-state index contributed by atoms with van der Waals surface area (Å²) in [4.78, 5) is 17.2. The van der Waals surface area contributed by atoms with Crippen LogP contribution in [0.5, 0.6) is 0 Å². The number of thioether (sulfide) groups is 1. The smallest absolute Gasteiger partial charge is 0.350 e. The fourth-order valence-corrected chi connectivity index (χ4v) is 5.67. The van der Waals surface area contributed by atoms with Gasteiger partial charge in [-0.1, -0.05) is 65.5 Å². The Morgan fingerprint density at radius 3 is 2.67 bits per heavy atom. The summed E-state index contributed by atoms with van der Waals surface area (Å²) in [6.45, 7) is 0.0454. The molecule has 0 radical (unpaired) electrons. The highest BCUT2D eigenvalue weighted by molar-refractivity contribution is 8.01. The molecule has 134 valence electrons. The summed E-state index contributed by atoms with van der Waals surface area (Å²) in [5.74, 6) is 6.03. The van der Waals surface area contributed by atoms with E-state index in [0.29, 0.717) is 15.7 Å². The summed E-state index contributed by atoms with van der Waals surface area (Å²) in [6.07, 6.45) is 0. The Hall–Kier alpha value is -2.04. The number of benzene rings is 2. The zero-order valence-corrected chi connectivity index (χ0v) is 17.1. The molecular formula is C20H12ClNO2S3. The van der Waals surface area contributed by atoms with Crippen LogP contribution in [0.1, 0.15) is 9.67 Å². The van der Waals surface area contributed by atoms with Crippen molar-refractivity contribution in [2.45, 2.75) is 4.34 Å². The molecule has 0 saturated carbocycles. The van der Waals surface area contributed by atoms with Crippen molar-refractivity contribution in [2.24, 2.45) is 0 Å². The lowest BCUT2D eigenvalue weighted by molar-refractivity contribution is 0.0562. The van der Waals surface area contributed by atoms with E-state index in [1.807, 2.05) is 42.5 Å². The molecule has 2 aromatic heterocycles. The number of ether oxygens (including phenoxy) is 1. The second kappa shape index (κ2) is 8.32. The maximum atomic E-state index is 12.2. The monoisotopic (exact) mass is 429 g/mol. The first-order chi connectivity index (χ1) is 13.2. The molecule has 0 spiro atoms. The lowest BCUT2D eigenvalue weighted by Gasteiger charge is -1.98. The van der Waals surface area contributed by atoms with Gasteiger partial charge >= 0.3 is 5.97 Å². The average Bonchev–Trinajstić information content (AvgIpc) is 3.25. The Kier molecular flexibility index (Phi) is 5.65. The number of halogens is 1. The molecule has 4 aromatic rings. The van der Waals surface area contributed by atoms with Gasteiger partial charge in [-0.2, -0.15) is 0 Å². The third kappa shape index (κ3) is 4.12. The molecule has 0 aliphatic carbocycles. The largest absolute Gasteiger partial charge is 0.448 e. The molecule has 0 saturated heterocycles. The number of hydrogen-bond donors (Lipinski definition) is 0. The summed E-state index contributed by atoms with van der Waals surface area (Å²) in [6, 6.07) is 15.7. The van der Waals surface area contributed by atoms with E-state index < -0.39 is 5.97 Å². The predicted octanol–water partition coefficient (Wildman–Crippen LogP) is 6.12. The van der Waals surface area contributed by atoms with Crippen LogP contribution < -0.4 is 0 Å². The quantitative estimate of drug-likeness (QED) is 0.222. The zero-order valence-electron chi connectivity index (χ0n) is 13.9. The van der Waals surface area contributed by atoms with Crippen molar-refractivity contribution >= 4 is 72.3 Å². The predicted molar refractivity (Wildman–Crippen MR) is 115 cm³/mol. The Morgan fingerprint density at radius 2 is 1.85 bits per heavy atom. The van der Waals surface area contributed by atoms with Gasteiger partial charge in [0.05, 0.1) is 21.0 Å². The minimum absolute atomic E-state index is 0.0454. The first-order valence-electron chi connectivity index (χ1n) is 8.00. The average molecular weight is 430 g/mol. The second-order valence-corrected chi connectivity index (χ2v) is 9.09. The third-order valence-corrected chi connectivity index (χ3v) is 7.38. The topological polar surface area (TPSA) is 39.2 Å². The van der Waals surface area contributed by atoms with Gasteiger partial charge in [0.15, 0.2) is 10.9 Å². The van der Waals surface area contributed by atoms with E-state index in [1.165, 1.54) is 16.0 Å². The molecule has 0 amide bonds. The Bertz CT molecular complexity index is 1150. The lowest BCUT2D eigenvalue weighted by Crippen LogP contribution is -2.03. The molecule has 27 heavy (non-hydrogen) atoms. The third-order valence-electron chi connectivity index (χ3n) is 3.66. The standard InChI is InChI=1S/C20H12ClNO2S3/c21-17-13-7-1-3-9-15(13)26-18(17)19(23)24-11-5-6-12-25-20-22-14-8-2-4-10-16(14)27-20/h1-4,7-10H,11-12H2. The minimum Gasteiger partial charge on any atom is -0.448 e. The molecule has 0 N–H and O–H groups in total. The fourth-order valence-electron chi connectivity index (χ4n) is 2.43. The van der Waals surface area contributed by atoms with Gasteiger partial charge in [0.2, 0.25) is 0 Å². The number of hydrogen-bond acceptors (Lipinski definition) is 6. The van der Waals surface area contributed by atoms with E-state index in [4.69, 9.17) is 16.3 Å². The first-order valence-corrected chi connectivity index (χ1v) is 11.0. The molecule has 3 nitrogen and oxygen atoms in total. The van der Waals surface area contributed by atoms with Crippen LogP contribution in [0.3, 0.4) is 0 Å². The van der Waals surface area contributed by atoms with E-state index in [9.17, 15) is 4.79 Å². The van der Waals surface area contributed by atoms with E-state index in [2.05, 4.69) is 22.9 Å². The Balaban J connectivity index is 1.30. The maximum absolute atomic E-state index is 12.2. The molecule has 7 heteroatoms. The Labute approximate surface area is 173 Å². The van der Waals surface area contributed by atoms with Crippen molar-refractivity contribution in [2.75, 3.05) is 12.4 Å². The number of carbonyl (C=O) groups is 1. The first kappa shape index (κ1) is 18.3. The number of rotatable bonds is 4. The van der Waals surface area contributed by atoms with Gasteiger partial charge in [-0.25, -0.2) is 9.78 Å². The second-order valence-electron chi connectivity index (χ2n) is 5.41. The summed E-state index contributed by atoms with van der Waals surface area (Å²) < 4.78 is 8.35. The van der Waals surface area contributed by atoms with Crippen LogP contribution in [0.2, 0.25) is 5.02 Å². The molecule has 0 aliphatic heterocycles. The van der Waals surface area contributed by atoms with Crippen LogP contribution in [0.4, 0.5) is 0 Å². The number of para-hydroxylation sites is 1. The van der Waals surface area contributed by atoms with E-state index in [1.54, 1.807) is 23.1 Å². The molecule has 0 aliphatic rings. The maximum Gasteiger partial charge on any atom is 0.350 e. The van der Waals surface area contributed by atoms with Crippen molar-refractivity contribution < 1.29 is 9.53 Å².